The van der Waals surface area contributed by atoms with Crippen LogP contribution < -0.4 is 30.3 Å². The summed E-state index contributed by atoms with van der Waals surface area (Å²) in [6.45, 7) is 3.54. The zero-order valence-electron chi connectivity index (χ0n) is 24.1. The van der Waals surface area contributed by atoms with Crippen LogP contribution in [0, 0.1) is 0 Å². The number of para-hydroxylation sites is 1. The lowest BCUT2D eigenvalue weighted by Gasteiger charge is -2.30. The van der Waals surface area contributed by atoms with E-state index < -0.39 is 17.9 Å². The lowest BCUT2D eigenvalue weighted by atomic mass is 9.95. The highest BCUT2D eigenvalue weighted by atomic mass is 35.5. The molecule has 13 heteroatoms. The fourth-order valence-electron chi connectivity index (χ4n) is 4.33. The van der Waals surface area contributed by atoms with Crippen LogP contribution in [0.3, 0.4) is 0 Å². The number of carbonyl (C=O) groups excluding carboxylic acids is 2. The lowest BCUT2D eigenvalue weighted by molar-refractivity contribution is -0.139. The number of rotatable bonds is 12. The van der Waals surface area contributed by atoms with Gasteiger partial charge in [-0.3, -0.25) is 4.79 Å². The quantitative estimate of drug-likeness (QED) is 0.101. The predicted octanol–water partition coefficient (Wildman–Crippen LogP) is 5.47. The molecule has 1 aliphatic heterocycles. The zero-order valence-corrected chi connectivity index (χ0v) is 26.4. The van der Waals surface area contributed by atoms with E-state index in [2.05, 4.69) is 21.2 Å². The number of amides is 1. The summed E-state index contributed by atoms with van der Waals surface area (Å²) in [5.41, 5.74) is 5.32. The molecule has 230 valence electrons. The molecule has 0 aliphatic carbocycles. The molecule has 1 amide bonds. The number of carbonyl (C=O) groups is 2. The van der Waals surface area contributed by atoms with Gasteiger partial charge in [0.2, 0.25) is 0 Å². The van der Waals surface area contributed by atoms with Gasteiger partial charge in [-0.15, -0.1) is 0 Å². The minimum Gasteiger partial charge on any atom is -0.493 e. The van der Waals surface area contributed by atoms with Crippen molar-refractivity contribution < 1.29 is 28.5 Å². The Morgan fingerprint density at radius 3 is 2.55 bits per heavy atom. The van der Waals surface area contributed by atoms with Gasteiger partial charge in [0, 0.05) is 21.8 Å². The Labute approximate surface area is 270 Å². The maximum atomic E-state index is 12.7. The Bertz CT molecular complexity index is 1610. The molecular weight excluding hydrogens is 627 g/mol. The van der Waals surface area contributed by atoms with Crippen LogP contribution >= 0.6 is 35.4 Å². The van der Waals surface area contributed by atoms with Crippen molar-refractivity contribution in [3.05, 3.63) is 98.7 Å². The number of hydrogen-bond acceptors (Lipinski definition) is 8. The summed E-state index contributed by atoms with van der Waals surface area (Å²) in [5.74, 6) is 0.112. The first-order valence-electron chi connectivity index (χ1n) is 13.4. The van der Waals surface area contributed by atoms with E-state index in [0.717, 1.165) is 5.56 Å². The van der Waals surface area contributed by atoms with Crippen LogP contribution in [0.15, 0.2) is 77.0 Å². The molecule has 44 heavy (non-hydrogen) atoms. The highest BCUT2D eigenvalue weighted by Gasteiger charge is 2.32. The third-order valence-corrected chi connectivity index (χ3v) is 7.21. The van der Waals surface area contributed by atoms with Gasteiger partial charge < -0.3 is 29.6 Å². The van der Waals surface area contributed by atoms with Gasteiger partial charge in [0.25, 0.3) is 5.91 Å². The number of allylic oxidation sites excluding steroid dienone is 1. The van der Waals surface area contributed by atoms with E-state index in [1.54, 1.807) is 56.3 Å². The highest BCUT2D eigenvalue weighted by molar-refractivity contribution is 7.80. The van der Waals surface area contributed by atoms with Crippen molar-refractivity contribution in [3.8, 4) is 17.2 Å². The maximum absolute atomic E-state index is 12.7. The Balaban J connectivity index is 1.40. The highest BCUT2D eigenvalue weighted by Crippen LogP contribution is 2.37. The van der Waals surface area contributed by atoms with Crippen LogP contribution in [-0.4, -0.2) is 43.5 Å². The number of ether oxygens (including phenoxy) is 4. The Hall–Kier alpha value is -4.32. The summed E-state index contributed by atoms with van der Waals surface area (Å²) in [7, 11) is 1.49. The molecule has 4 rings (SSSR count). The molecule has 0 saturated carbocycles. The van der Waals surface area contributed by atoms with Crippen LogP contribution in [0.4, 0.5) is 0 Å². The number of halogens is 2. The molecule has 1 heterocycles. The van der Waals surface area contributed by atoms with Crippen LogP contribution in [0.25, 0.3) is 0 Å². The van der Waals surface area contributed by atoms with Crippen molar-refractivity contribution in [2.24, 2.45) is 5.10 Å². The predicted molar refractivity (Wildman–Crippen MR) is 172 cm³/mol. The largest absolute Gasteiger partial charge is 0.493 e. The Kier molecular flexibility index (Phi) is 11.4. The SMILES string of the molecule is CCOC(=O)C1=C(C)NC(=S)N[C@H]1c1ccccc1OCC(=O)NN=Cc1cc(Cl)c(OCc2ccccc2Cl)c(OC)c1. The molecule has 3 aromatic rings. The monoisotopic (exact) mass is 656 g/mol. The minimum atomic E-state index is -0.642. The molecule has 0 unspecified atom stereocenters. The smallest absolute Gasteiger partial charge is 0.338 e. The molecular formula is C31H30Cl2N4O6S. The van der Waals surface area contributed by atoms with Gasteiger partial charge in [-0.05, 0) is 55.9 Å². The van der Waals surface area contributed by atoms with E-state index in [4.69, 9.17) is 54.4 Å². The topological polar surface area (TPSA) is 120 Å². The fourth-order valence-corrected chi connectivity index (χ4v) is 5.07. The summed E-state index contributed by atoms with van der Waals surface area (Å²) in [6.07, 6.45) is 1.41. The molecule has 1 atom stereocenters. The third-order valence-electron chi connectivity index (χ3n) is 6.34. The standard InChI is InChI=1S/C31H30Cl2N4O6S/c1-4-41-30(39)27-18(2)35-31(44)36-28(27)21-10-6-8-12-24(21)42-17-26(38)37-34-15-19-13-23(33)29(25(14-19)40-3)43-16-20-9-5-7-11-22(20)32/h5-15,28H,4,16-17H2,1-3H3,(H,37,38)(H2,35,36,44)/t28-/m0/s1. The molecule has 0 aromatic heterocycles. The maximum Gasteiger partial charge on any atom is 0.338 e. The van der Waals surface area contributed by atoms with Crippen molar-refractivity contribution in [1.82, 2.24) is 16.1 Å². The fraction of sp³-hybridized carbons (Fsp3) is 0.226. The molecule has 0 bridgehead atoms. The van der Waals surface area contributed by atoms with Crippen molar-refractivity contribution in [2.45, 2.75) is 26.5 Å². The molecule has 1 aliphatic rings. The van der Waals surface area contributed by atoms with Gasteiger partial charge in [0.15, 0.2) is 23.2 Å². The molecule has 0 spiro atoms. The van der Waals surface area contributed by atoms with E-state index >= 15 is 0 Å². The van der Waals surface area contributed by atoms with Crippen molar-refractivity contribution >= 4 is 58.6 Å². The van der Waals surface area contributed by atoms with E-state index in [9.17, 15) is 9.59 Å². The number of hydrazone groups is 1. The Morgan fingerprint density at radius 1 is 1.05 bits per heavy atom. The van der Waals surface area contributed by atoms with Crippen molar-refractivity contribution in [2.75, 3.05) is 20.3 Å². The molecule has 3 aromatic carbocycles. The first-order chi connectivity index (χ1) is 21.2. The van der Waals surface area contributed by atoms with Gasteiger partial charge in [-0.25, -0.2) is 10.2 Å². The zero-order chi connectivity index (χ0) is 31.6. The molecule has 0 fully saturated rings. The van der Waals surface area contributed by atoms with Gasteiger partial charge in [-0.1, -0.05) is 59.6 Å². The van der Waals surface area contributed by atoms with E-state index in [0.29, 0.717) is 54.8 Å². The Morgan fingerprint density at radius 2 is 1.80 bits per heavy atom. The first kappa shape index (κ1) is 32.6. The number of esters is 1. The minimum absolute atomic E-state index is 0.197. The molecule has 0 radical (unpaired) electrons. The second kappa shape index (κ2) is 15.4. The van der Waals surface area contributed by atoms with Gasteiger partial charge in [-0.2, -0.15) is 5.10 Å². The van der Waals surface area contributed by atoms with Crippen LogP contribution in [0.5, 0.6) is 17.2 Å². The van der Waals surface area contributed by atoms with E-state index in [-0.39, 0.29) is 19.8 Å². The average molecular weight is 658 g/mol. The molecule has 10 nitrogen and oxygen atoms in total. The van der Waals surface area contributed by atoms with Crippen LogP contribution in [0.1, 0.15) is 36.6 Å². The third kappa shape index (κ3) is 8.19. The van der Waals surface area contributed by atoms with Gasteiger partial charge in [0.05, 0.1) is 36.6 Å². The van der Waals surface area contributed by atoms with E-state index in [1.165, 1.54) is 13.3 Å². The lowest BCUT2D eigenvalue weighted by Crippen LogP contribution is -2.45. The normalized spacial score (nSPS) is 14.5. The van der Waals surface area contributed by atoms with Gasteiger partial charge >= 0.3 is 5.97 Å². The molecule has 0 saturated heterocycles. The van der Waals surface area contributed by atoms with Gasteiger partial charge in [0.1, 0.15) is 12.4 Å². The summed E-state index contributed by atoms with van der Waals surface area (Å²) in [6, 6.07) is 17.0. The second-order valence-electron chi connectivity index (χ2n) is 9.32. The first-order valence-corrected chi connectivity index (χ1v) is 14.6. The summed E-state index contributed by atoms with van der Waals surface area (Å²) in [5, 5.41) is 11.3. The summed E-state index contributed by atoms with van der Waals surface area (Å²) >= 11 is 18.0. The van der Waals surface area contributed by atoms with E-state index in [1.807, 2.05) is 18.2 Å². The van der Waals surface area contributed by atoms with Crippen molar-refractivity contribution in [1.29, 1.82) is 0 Å². The van der Waals surface area contributed by atoms with Crippen LogP contribution in [0.2, 0.25) is 10.0 Å². The number of benzene rings is 3. The second-order valence-corrected chi connectivity index (χ2v) is 10.5. The number of thiocarbonyl (C=S) groups is 1. The van der Waals surface area contributed by atoms with Crippen LogP contribution in [-0.2, 0) is 20.9 Å². The number of methoxy groups -OCH3 is 1. The summed E-state index contributed by atoms with van der Waals surface area (Å²) < 4.78 is 22.4. The number of nitrogens with zero attached hydrogens (tertiary/aromatic N) is 1. The number of nitrogens with one attached hydrogen (secondary N) is 3. The molecule has 3 N–H and O–H groups in total. The number of hydrogen-bond donors (Lipinski definition) is 3. The van der Waals surface area contributed by atoms with Crippen molar-refractivity contribution in [3.63, 3.8) is 0 Å². The summed E-state index contributed by atoms with van der Waals surface area (Å²) in [4.78, 5) is 25.3. The average Bonchev–Trinajstić information content (AvgIpc) is 3.00.